The van der Waals surface area contributed by atoms with Crippen LogP contribution in [0.2, 0.25) is 0 Å². The number of allylic oxidation sites excluding steroid dienone is 8. The molecule has 101 heavy (non-hydrogen) atoms. The average Bonchev–Trinajstić information content (AvgIpc) is 0.922. The molecule has 0 amide bonds. The Morgan fingerprint density at radius 2 is 0.475 bits per heavy atom. The molecule has 0 fully saturated rings. The van der Waals surface area contributed by atoms with Crippen LogP contribution < -0.4 is 68.9 Å². The van der Waals surface area contributed by atoms with E-state index in [0.717, 1.165) is 154 Å². The molecule has 17 nitrogen and oxygen atoms in total. The quantitative estimate of drug-likeness (QED) is 0.0149. The van der Waals surface area contributed by atoms with Gasteiger partial charge in [0, 0.05) is 25.7 Å². The number of aliphatic hydroxyl groups is 1. The zero-order valence-electron chi connectivity index (χ0n) is 65.4. The second-order valence-corrected chi connectivity index (χ2v) is 30.1. The van der Waals surface area contributed by atoms with Crippen molar-refractivity contribution < 1.29 is 139 Å². The van der Waals surface area contributed by atoms with Crippen molar-refractivity contribution in [2.24, 2.45) is 0 Å². The van der Waals surface area contributed by atoms with Gasteiger partial charge in [-0.3, -0.25) is 28.3 Å². The molecule has 0 saturated carbocycles. The SMILES string of the molecule is CCCCCCC/C=C/CCCCCCCC(=O)OC[C@H](COP(=O)([O-])OCC(O)COP(=O)([O-])OC[C@@H](COC(=O)CCCCCCC/C=C/CCCCCCCC)OC(=O)CCCCCCC/C=C/CCCCCCCC)OC(=O)CCCCCCC/C=C/CCCCCCCC.[Na+].[Na+]. The first-order valence-corrected chi connectivity index (χ1v) is 43.3. The van der Waals surface area contributed by atoms with Gasteiger partial charge in [0.1, 0.15) is 19.3 Å². The van der Waals surface area contributed by atoms with Gasteiger partial charge in [-0.25, -0.2) is 0 Å². The Labute approximate surface area is 661 Å². The molecule has 0 aromatic carbocycles. The van der Waals surface area contributed by atoms with Crippen LogP contribution in [0.4, 0.5) is 0 Å². The molecular weight excluding hydrogens is 1340 g/mol. The third-order valence-electron chi connectivity index (χ3n) is 17.5. The normalized spacial score (nSPS) is 13.9. The maximum atomic E-state index is 13.0. The zero-order valence-corrected chi connectivity index (χ0v) is 71.1. The molecule has 0 aromatic rings. The molecule has 0 aliphatic rings. The maximum absolute atomic E-state index is 13.0. The molecule has 0 aliphatic heterocycles. The second-order valence-electron chi connectivity index (χ2n) is 27.3. The molecule has 0 rings (SSSR count). The fourth-order valence-corrected chi connectivity index (χ4v) is 12.8. The molecule has 0 saturated heterocycles. The van der Waals surface area contributed by atoms with Crippen molar-refractivity contribution in [3.8, 4) is 0 Å². The first-order chi connectivity index (χ1) is 48.2. The first-order valence-electron chi connectivity index (χ1n) is 40.3. The number of hydrogen-bond donors (Lipinski definition) is 1. The van der Waals surface area contributed by atoms with Crippen LogP contribution in [0, 0.1) is 0 Å². The van der Waals surface area contributed by atoms with Crippen LogP contribution in [0.25, 0.3) is 0 Å². The summed E-state index contributed by atoms with van der Waals surface area (Å²) in [6.45, 7) is 4.49. The van der Waals surface area contributed by atoms with E-state index in [4.69, 9.17) is 37.0 Å². The van der Waals surface area contributed by atoms with Gasteiger partial charge in [0.15, 0.2) is 12.2 Å². The summed E-state index contributed by atoms with van der Waals surface area (Å²) in [7, 11) is -10.5. The molecule has 0 spiro atoms. The summed E-state index contributed by atoms with van der Waals surface area (Å²) in [6, 6.07) is 0. The standard InChI is InChI=1S/C80H148O17P2.2Na/c1-5-9-13-17-21-25-29-33-37-41-45-49-53-57-61-65-78(83)91-71-76(97-80(85)67-63-59-55-51-47-43-39-35-31-27-23-19-15-11-7-3)73-95-99(88,89)93-69-74(81)68-92-98(86,87)94-72-75(70-90-77(82)64-60-56-52-48-44-40-36-32-28-24-20-16-12-8-4)96-79(84)66-62-58-54-50-46-42-38-34-30-26-22-18-14-10-6-2;;/h32-39,74-76,81H,5-31,40-73H2,1-4H3,(H,86,87)(H,88,89);;/q;2*+1/p-2/b36-32+,37-33+,38-34+,39-35+;;/t74?,75-,76-;;/m1../s1. The molecule has 5 atom stereocenters. The van der Waals surface area contributed by atoms with Gasteiger partial charge in [0.25, 0.3) is 15.6 Å². The van der Waals surface area contributed by atoms with E-state index < -0.39 is 97.5 Å². The average molecular weight is 1490 g/mol. The van der Waals surface area contributed by atoms with E-state index in [1.165, 1.54) is 148 Å². The minimum Gasteiger partial charge on any atom is -0.756 e. The molecular formula is C80H146Na2O17P2. The van der Waals surface area contributed by atoms with Gasteiger partial charge in [-0.15, -0.1) is 0 Å². The van der Waals surface area contributed by atoms with E-state index in [1.807, 2.05) is 0 Å². The Morgan fingerprint density at radius 1 is 0.287 bits per heavy atom. The first kappa shape index (κ1) is 104. The number of hydrogen-bond acceptors (Lipinski definition) is 17. The number of rotatable bonds is 77. The Bertz CT molecular complexity index is 2080. The van der Waals surface area contributed by atoms with E-state index in [2.05, 4.69) is 76.3 Å². The molecule has 0 radical (unpaired) electrons. The summed E-state index contributed by atoms with van der Waals surface area (Å²) >= 11 is 0. The minimum absolute atomic E-state index is 0. The van der Waals surface area contributed by atoms with E-state index in [-0.39, 0.29) is 84.8 Å². The van der Waals surface area contributed by atoms with Crippen molar-refractivity contribution in [2.45, 2.75) is 399 Å². The summed E-state index contributed by atoms with van der Waals surface area (Å²) in [5.74, 6) is -2.27. The summed E-state index contributed by atoms with van der Waals surface area (Å²) in [6.07, 6.45) is 70.2. The zero-order chi connectivity index (χ0) is 72.5. The fourth-order valence-electron chi connectivity index (χ4n) is 11.2. The van der Waals surface area contributed by atoms with Crippen LogP contribution >= 0.6 is 15.6 Å². The van der Waals surface area contributed by atoms with Crippen LogP contribution in [-0.4, -0.2) is 86.9 Å². The van der Waals surface area contributed by atoms with Gasteiger partial charge >= 0.3 is 83.0 Å². The van der Waals surface area contributed by atoms with Crippen LogP contribution in [0.1, 0.15) is 381 Å². The topological polar surface area (TPSA) is 243 Å². The van der Waals surface area contributed by atoms with Crippen molar-refractivity contribution in [2.75, 3.05) is 39.6 Å². The van der Waals surface area contributed by atoms with E-state index in [0.29, 0.717) is 25.7 Å². The van der Waals surface area contributed by atoms with E-state index in [1.54, 1.807) is 0 Å². The van der Waals surface area contributed by atoms with Crippen molar-refractivity contribution in [1.29, 1.82) is 0 Å². The van der Waals surface area contributed by atoms with E-state index >= 15 is 0 Å². The van der Waals surface area contributed by atoms with Crippen LogP contribution in [-0.2, 0) is 65.4 Å². The minimum atomic E-state index is -5.24. The Kier molecular flexibility index (Phi) is 82.6. The molecule has 0 heterocycles. The van der Waals surface area contributed by atoms with Gasteiger partial charge in [0.2, 0.25) is 0 Å². The third kappa shape index (κ3) is 79.9. The monoisotopic (exact) mass is 1490 g/mol. The van der Waals surface area contributed by atoms with Crippen molar-refractivity contribution in [1.82, 2.24) is 0 Å². The van der Waals surface area contributed by atoms with Gasteiger partial charge in [-0.05, 0) is 128 Å². The van der Waals surface area contributed by atoms with Gasteiger partial charge in [-0.2, -0.15) is 0 Å². The molecule has 1 N–H and O–H groups in total. The Balaban J connectivity index is -0.0000480. The predicted molar refractivity (Wildman–Crippen MR) is 400 cm³/mol. The number of unbranched alkanes of at least 4 members (excludes halogenated alkanes) is 43. The summed E-state index contributed by atoms with van der Waals surface area (Å²) < 4.78 is 67.7. The molecule has 580 valence electrons. The Hall–Kier alpha value is -0.980. The number of aliphatic hydroxyl groups excluding tert-OH is 1. The Morgan fingerprint density at radius 3 is 0.703 bits per heavy atom. The molecule has 0 aromatic heterocycles. The number of ether oxygens (including phenoxy) is 4. The third-order valence-corrected chi connectivity index (χ3v) is 19.3. The summed E-state index contributed by atoms with van der Waals surface area (Å²) in [5, 5.41) is 10.6. The van der Waals surface area contributed by atoms with Crippen LogP contribution in [0.5, 0.6) is 0 Å². The summed E-state index contributed by atoms with van der Waals surface area (Å²) in [4.78, 5) is 77.6. The fraction of sp³-hybridized carbons (Fsp3) is 0.850. The maximum Gasteiger partial charge on any atom is 1.00 e. The largest absolute Gasteiger partial charge is 1.00 e. The smallest absolute Gasteiger partial charge is 0.756 e. The van der Waals surface area contributed by atoms with Crippen molar-refractivity contribution >= 4 is 39.5 Å². The predicted octanol–water partition coefficient (Wildman–Crippen LogP) is 16.0. The molecule has 21 heteroatoms. The molecule has 3 unspecified atom stereocenters. The van der Waals surface area contributed by atoms with E-state index in [9.17, 15) is 43.2 Å². The number of carbonyl (C=O) groups excluding carboxylic acids is 4. The van der Waals surface area contributed by atoms with Gasteiger partial charge < -0.3 is 51.9 Å². The van der Waals surface area contributed by atoms with Crippen LogP contribution in [0.15, 0.2) is 48.6 Å². The van der Waals surface area contributed by atoms with Crippen molar-refractivity contribution in [3.63, 3.8) is 0 Å². The van der Waals surface area contributed by atoms with Gasteiger partial charge in [-0.1, -0.05) is 275 Å². The number of phosphoric acid groups is 2. The second kappa shape index (κ2) is 80.0. The number of phosphoric ester groups is 2. The van der Waals surface area contributed by atoms with Crippen molar-refractivity contribution in [3.05, 3.63) is 48.6 Å². The van der Waals surface area contributed by atoms with Crippen LogP contribution in [0.3, 0.4) is 0 Å². The number of carbonyl (C=O) groups is 4. The van der Waals surface area contributed by atoms with Gasteiger partial charge in [0.05, 0.1) is 26.4 Å². The summed E-state index contributed by atoms with van der Waals surface area (Å²) in [5.41, 5.74) is 0. The molecule has 0 bridgehead atoms. The molecule has 0 aliphatic carbocycles. The number of esters is 4.